The first-order valence-electron chi connectivity index (χ1n) is 5.25. The van der Waals surface area contributed by atoms with Crippen molar-refractivity contribution in [3.63, 3.8) is 0 Å². The minimum Gasteiger partial charge on any atom is -0.399 e. The molecular weight excluding hydrogens is 270 g/mol. The largest absolute Gasteiger partial charge is 0.399 e. The SMILES string of the molecule is CN(CC(N)=O)C(=O)c1cc(N)cc(S(C)(=O)=O)c1. The molecule has 0 aliphatic carbocycles. The van der Waals surface area contributed by atoms with Crippen molar-refractivity contribution in [2.24, 2.45) is 5.73 Å². The smallest absolute Gasteiger partial charge is 0.254 e. The van der Waals surface area contributed by atoms with Crippen LogP contribution in [0.4, 0.5) is 5.69 Å². The van der Waals surface area contributed by atoms with Crippen LogP contribution in [-0.2, 0) is 14.6 Å². The number of nitrogens with zero attached hydrogens (tertiary/aromatic N) is 1. The summed E-state index contributed by atoms with van der Waals surface area (Å²) in [5, 5.41) is 0. The van der Waals surface area contributed by atoms with Crippen molar-refractivity contribution in [2.75, 3.05) is 25.6 Å². The molecule has 7 nitrogen and oxygen atoms in total. The average Bonchev–Trinajstić information content (AvgIpc) is 2.25. The third-order valence-electron chi connectivity index (χ3n) is 2.34. The van der Waals surface area contributed by atoms with Gasteiger partial charge in [0.1, 0.15) is 0 Å². The summed E-state index contributed by atoms with van der Waals surface area (Å²) in [5.41, 5.74) is 10.8. The maximum absolute atomic E-state index is 12.0. The Labute approximate surface area is 111 Å². The summed E-state index contributed by atoms with van der Waals surface area (Å²) in [6, 6.07) is 3.82. The molecule has 0 saturated carbocycles. The molecule has 0 bridgehead atoms. The number of benzene rings is 1. The van der Waals surface area contributed by atoms with Crippen molar-refractivity contribution in [2.45, 2.75) is 4.90 Å². The van der Waals surface area contributed by atoms with Crippen molar-refractivity contribution in [1.82, 2.24) is 4.90 Å². The molecule has 0 aromatic heterocycles. The van der Waals surface area contributed by atoms with Gasteiger partial charge in [-0.05, 0) is 18.2 Å². The first-order chi connectivity index (χ1) is 8.61. The molecule has 0 fully saturated rings. The van der Waals surface area contributed by atoms with Crippen LogP contribution >= 0.6 is 0 Å². The second-order valence-electron chi connectivity index (χ2n) is 4.19. The fourth-order valence-corrected chi connectivity index (χ4v) is 2.18. The van der Waals surface area contributed by atoms with Crippen LogP contribution < -0.4 is 11.5 Å². The average molecular weight is 285 g/mol. The Hall–Kier alpha value is -2.09. The highest BCUT2D eigenvalue weighted by Gasteiger charge is 2.17. The normalized spacial score (nSPS) is 11.1. The molecule has 0 spiro atoms. The second-order valence-corrected chi connectivity index (χ2v) is 6.21. The molecule has 0 aliphatic heterocycles. The molecule has 2 amide bonds. The van der Waals surface area contributed by atoms with E-state index >= 15 is 0 Å². The fraction of sp³-hybridized carbons (Fsp3) is 0.273. The molecule has 0 radical (unpaired) electrons. The summed E-state index contributed by atoms with van der Waals surface area (Å²) in [6.45, 7) is -0.262. The number of nitrogen functional groups attached to an aromatic ring is 1. The number of amides is 2. The van der Waals surface area contributed by atoms with Gasteiger partial charge in [0.05, 0.1) is 11.4 Å². The van der Waals surface area contributed by atoms with Gasteiger partial charge in [0.25, 0.3) is 5.91 Å². The number of primary amides is 1. The Morgan fingerprint density at radius 1 is 1.26 bits per heavy atom. The second kappa shape index (κ2) is 5.27. The Bertz CT molecular complexity index is 625. The number of nitrogens with two attached hydrogens (primary N) is 2. The Balaban J connectivity index is 3.18. The first kappa shape index (κ1) is 15.0. The summed E-state index contributed by atoms with van der Waals surface area (Å²) >= 11 is 0. The van der Waals surface area contributed by atoms with Gasteiger partial charge in [0.15, 0.2) is 9.84 Å². The van der Waals surface area contributed by atoms with Crippen molar-refractivity contribution < 1.29 is 18.0 Å². The Morgan fingerprint density at radius 2 is 1.84 bits per heavy atom. The number of likely N-dealkylation sites (N-methyl/N-ethyl adjacent to an activating group) is 1. The van der Waals surface area contributed by atoms with Gasteiger partial charge >= 0.3 is 0 Å². The van der Waals surface area contributed by atoms with Gasteiger partial charge in [0.2, 0.25) is 5.91 Å². The van der Waals surface area contributed by atoms with Crippen LogP contribution in [0.5, 0.6) is 0 Å². The summed E-state index contributed by atoms with van der Waals surface area (Å²) in [5.74, 6) is -1.20. The molecule has 1 aromatic rings. The summed E-state index contributed by atoms with van der Waals surface area (Å²) in [7, 11) is -2.09. The van der Waals surface area contributed by atoms with Crippen molar-refractivity contribution in [1.29, 1.82) is 0 Å². The minimum atomic E-state index is -3.47. The lowest BCUT2D eigenvalue weighted by molar-refractivity contribution is -0.118. The number of anilines is 1. The molecule has 0 unspecified atom stereocenters. The number of carbonyl (C=O) groups excluding carboxylic acids is 2. The van der Waals surface area contributed by atoms with Gasteiger partial charge in [-0.2, -0.15) is 0 Å². The standard InChI is InChI=1S/C11H15N3O4S/c1-14(6-10(13)15)11(16)7-3-8(12)5-9(4-7)19(2,17)18/h3-5H,6,12H2,1-2H3,(H2,13,15). The Morgan fingerprint density at radius 3 is 2.32 bits per heavy atom. The third-order valence-corrected chi connectivity index (χ3v) is 3.44. The summed E-state index contributed by atoms with van der Waals surface area (Å²) < 4.78 is 22.9. The van der Waals surface area contributed by atoms with E-state index in [0.29, 0.717) is 0 Å². The number of carbonyl (C=O) groups is 2. The monoisotopic (exact) mass is 285 g/mol. The van der Waals surface area contributed by atoms with Crippen molar-refractivity contribution >= 4 is 27.3 Å². The third kappa shape index (κ3) is 3.95. The van der Waals surface area contributed by atoms with Gasteiger partial charge in [-0.25, -0.2) is 8.42 Å². The predicted molar refractivity (Wildman–Crippen MR) is 70.1 cm³/mol. The van der Waals surface area contributed by atoms with Gasteiger partial charge in [-0.1, -0.05) is 0 Å². The molecule has 0 saturated heterocycles. The zero-order chi connectivity index (χ0) is 14.8. The molecule has 4 N–H and O–H groups in total. The van der Waals surface area contributed by atoms with E-state index in [1.807, 2.05) is 0 Å². The van der Waals surface area contributed by atoms with E-state index in [2.05, 4.69) is 0 Å². The van der Waals surface area contributed by atoms with E-state index in [0.717, 1.165) is 11.2 Å². The van der Waals surface area contributed by atoms with Crippen LogP contribution in [0, 0.1) is 0 Å². The number of rotatable bonds is 4. The van der Waals surface area contributed by atoms with E-state index in [1.54, 1.807) is 0 Å². The van der Waals surface area contributed by atoms with E-state index in [1.165, 1.54) is 25.2 Å². The number of hydrogen-bond acceptors (Lipinski definition) is 5. The summed E-state index contributed by atoms with van der Waals surface area (Å²) in [6.07, 6.45) is 1.02. The molecule has 0 aliphatic rings. The quantitative estimate of drug-likeness (QED) is 0.703. The highest BCUT2D eigenvalue weighted by Crippen LogP contribution is 2.17. The molecule has 1 aromatic carbocycles. The van der Waals surface area contributed by atoms with Gasteiger partial charge in [0, 0.05) is 24.6 Å². The molecule has 0 heterocycles. The maximum atomic E-state index is 12.0. The molecule has 0 atom stereocenters. The van der Waals surface area contributed by atoms with E-state index in [4.69, 9.17) is 11.5 Å². The molecule has 19 heavy (non-hydrogen) atoms. The van der Waals surface area contributed by atoms with Crippen LogP contribution in [0.1, 0.15) is 10.4 Å². The highest BCUT2D eigenvalue weighted by molar-refractivity contribution is 7.90. The van der Waals surface area contributed by atoms with Crippen LogP contribution in [0.15, 0.2) is 23.1 Å². The first-order valence-corrected chi connectivity index (χ1v) is 7.15. The van der Waals surface area contributed by atoms with Gasteiger partial charge in [-0.15, -0.1) is 0 Å². The lowest BCUT2D eigenvalue weighted by Crippen LogP contribution is -2.35. The number of sulfone groups is 1. The topological polar surface area (TPSA) is 124 Å². The van der Waals surface area contributed by atoms with E-state index in [9.17, 15) is 18.0 Å². The molecule has 8 heteroatoms. The highest BCUT2D eigenvalue weighted by atomic mass is 32.2. The molecular formula is C11H15N3O4S. The van der Waals surface area contributed by atoms with Gasteiger partial charge < -0.3 is 16.4 Å². The summed E-state index contributed by atoms with van der Waals surface area (Å²) in [4.78, 5) is 23.8. The van der Waals surface area contributed by atoms with Crippen LogP contribution in [0.25, 0.3) is 0 Å². The lowest BCUT2D eigenvalue weighted by Gasteiger charge is -2.15. The predicted octanol–water partition coefficient (Wildman–Crippen LogP) is -0.770. The lowest BCUT2D eigenvalue weighted by atomic mass is 10.2. The van der Waals surface area contributed by atoms with E-state index in [-0.39, 0.29) is 22.7 Å². The van der Waals surface area contributed by atoms with Crippen LogP contribution in [-0.4, -0.2) is 45.0 Å². The van der Waals surface area contributed by atoms with E-state index < -0.39 is 21.7 Å². The minimum absolute atomic E-state index is 0.0525. The van der Waals surface area contributed by atoms with Crippen LogP contribution in [0.2, 0.25) is 0 Å². The number of hydrogen-bond donors (Lipinski definition) is 2. The van der Waals surface area contributed by atoms with Crippen molar-refractivity contribution in [3.05, 3.63) is 23.8 Å². The molecule has 104 valence electrons. The molecule has 1 rings (SSSR count). The van der Waals surface area contributed by atoms with Gasteiger partial charge in [-0.3, -0.25) is 9.59 Å². The Kier molecular flexibility index (Phi) is 4.15. The fourth-order valence-electron chi connectivity index (χ4n) is 1.49. The van der Waals surface area contributed by atoms with Crippen LogP contribution in [0.3, 0.4) is 0 Å². The zero-order valence-corrected chi connectivity index (χ0v) is 11.4. The zero-order valence-electron chi connectivity index (χ0n) is 10.6. The van der Waals surface area contributed by atoms with Crippen molar-refractivity contribution in [3.8, 4) is 0 Å². The maximum Gasteiger partial charge on any atom is 0.254 e.